The molecule has 162 valence electrons. The van der Waals surface area contributed by atoms with Crippen LogP contribution < -0.4 is 15.0 Å². The third-order valence-electron chi connectivity index (χ3n) is 5.39. The fourth-order valence-corrected chi connectivity index (χ4v) is 4.69. The second-order valence-corrected chi connectivity index (χ2v) is 8.54. The highest BCUT2D eigenvalue weighted by molar-refractivity contribution is 7.20. The van der Waals surface area contributed by atoms with E-state index in [9.17, 15) is 4.79 Å². The van der Waals surface area contributed by atoms with Crippen molar-refractivity contribution in [3.63, 3.8) is 0 Å². The zero-order valence-electron chi connectivity index (χ0n) is 17.4. The van der Waals surface area contributed by atoms with Crippen molar-refractivity contribution in [2.24, 2.45) is 4.99 Å². The molecule has 0 unspecified atom stereocenters. The summed E-state index contributed by atoms with van der Waals surface area (Å²) in [6.07, 6.45) is 1.63. The van der Waals surface area contributed by atoms with Crippen molar-refractivity contribution in [2.45, 2.75) is 6.54 Å². The van der Waals surface area contributed by atoms with E-state index in [0.717, 1.165) is 27.1 Å². The van der Waals surface area contributed by atoms with E-state index in [1.54, 1.807) is 6.21 Å². The van der Waals surface area contributed by atoms with Gasteiger partial charge in [-0.1, -0.05) is 59.9 Å². The minimum atomic E-state index is -0.192. The monoisotopic (exact) mass is 454 g/mol. The molecule has 3 heterocycles. The van der Waals surface area contributed by atoms with Crippen LogP contribution in [0.25, 0.3) is 26.6 Å². The van der Waals surface area contributed by atoms with E-state index < -0.39 is 0 Å². The molecule has 0 radical (unpaired) electrons. The van der Waals surface area contributed by atoms with Crippen molar-refractivity contribution in [1.29, 1.82) is 0 Å². The lowest BCUT2D eigenvalue weighted by atomic mass is 10.1. The first-order valence-electron chi connectivity index (χ1n) is 10.4. The molecular formula is C25H18N4O3S. The summed E-state index contributed by atoms with van der Waals surface area (Å²) in [6, 6.07) is 23.3. The lowest BCUT2D eigenvalue weighted by Gasteiger charge is -2.00. The van der Waals surface area contributed by atoms with Crippen LogP contribution in [-0.4, -0.2) is 27.8 Å². The van der Waals surface area contributed by atoms with Crippen LogP contribution in [0.5, 0.6) is 11.5 Å². The number of thiazole rings is 1. The Morgan fingerprint density at radius 3 is 2.73 bits per heavy atom. The summed E-state index contributed by atoms with van der Waals surface area (Å²) in [6.45, 7) is 0.647. The third-order valence-corrected chi connectivity index (χ3v) is 6.42. The van der Waals surface area contributed by atoms with Gasteiger partial charge in [-0.15, -0.1) is 0 Å². The highest BCUT2D eigenvalue weighted by atomic mass is 32.1. The topological polar surface area (TPSA) is 81.5 Å². The Labute approximate surface area is 192 Å². The Morgan fingerprint density at radius 1 is 1.03 bits per heavy atom. The molecule has 1 aliphatic heterocycles. The first kappa shape index (κ1) is 19.5. The van der Waals surface area contributed by atoms with Crippen molar-refractivity contribution < 1.29 is 9.47 Å². The average Bonchev–Trinajstić information content (AvgIpc) is 3.56. The fraction of sp³-hybridized carbons (Fsp3) is 0.0800. The van der Waals surface area contributed by atoms with E-state index in [2.05, 4.69) is 15.1 Å². The molecule has 0 saturated heterocycles. The largest absolute Gasteiger partial charge is 0.454 e. The molecule has 3 aromatic carbocycles. The number of fused-ring (bicyclic) bond motifs is 2. The maximum atomic E-state index is 13.4. The number of rotatable bonds is 5. The lowest BCUT2D eigenvalue weighted by Crippen LogP contribution is -2.17. The summed E-state index contributed by atoms with van der Waals surface area (Å²) in [7, 11) is 0. The molecule has 2 aromatic heterocycles. The lowest BCUT2D eigenvalue weighted by molar-refractivity contribution is 0.174. The molecule has 7 nitrogen and oxygen atoms in total. The molecular weight excluding hydrogens is 436 g/mol. The number of nitrogens with one attached hydrogen (secondary N) is 1. The molecule has 0 atom stereocenters. The molecule has 0 bridgehead atoms. The van der Waals surface area contributed by atoms with E-state index in [1.807, 2.05) is 72.8 Å². The van der Waals surface area contributed by atoms with Crippen LogP contribution in [0, 0.1) is 0 Å². The number of nitrogens with zero attached hydrogens (tertiary/aromatic N) is 3. The normalized spacial score (nSPS) is 12.7. The number of aliphatic imine (C=N–C) groups is 1. The summed E-state index contributed by atoms with van der Waals surface area (Å²) >= 11 is 1.46. The molecule has 1 N–H and O–H groups in total. The summed E-state index contributed by atoms with van der Waals surface area (Å²) in [5.41, 5.74) is 3.73. The van der Waals surface area contributed by atoms with Gasteiger partial charge in [0.2, 0.25) is 11.9 Å². The van der Waals surface area contributed by atoms with Gasteiger partial charge in [0, 0.05) is 11.8 Å². The number of para-hydroxylation sites is 1. The minimum Gasteiger partial charge on any atom is -0.454 e. The first-order chi connectivity index (χ1) is 16.3. The van der Waals surface area contributed by atoms with E-state index in [0.29, 0.717) is 28.7 Å². The van der Waals surface area contributed by atoms with Gasteiger partial charge in [-0.05, 0) is 29.8 Å². The molecule has 0 fully saturated rings. The second kappa shape index (κ2) is 8.07. The SMILES string of the molecule is O=c1c(C=NCc2ccc3c(c2)OCO3)c(-c2ccccc2)[nH]n1-c1nc2ccccc2s1. The van der Waals surface area contributed by atoms with E-state index in [4.69, 9.17) is 9.47 Å². The maximum absolute atomic E-state index is 13.4. The van der Waals surface area contributed by atoms with Crippen LogP contribution in [0.4, 0.5) is 0 Å². The Morgan fingerprint density at radius 2 is 1.85 bits per heavy atom. The van der Waals surface area contributed by atoms with Crippen LogP contribution in [-0.2, 0) is 6.54 Å². The highest BCUT2D eigenvalue weighted by Gasteiger charge is 2.18. The van der Waals surface area contributed by atoms with Crippen molar-refractivity contribution in [2.75, 3.05) is 6.79 Å². The van der Waals surface area contributed by atoms with Gasteiger partial charge in [-0.3, -0.25) is 14.9 Å². The van der Waals surface area contributed by atoms with Gasteiger partial charge < -0.3 is 9.47 Å². The minimum absolute atomic E-state index is 0.192. The highest BCUT2D eigenvalue weighted by Crippen LogP contribution is 2.32. The quantitative estimate of drug-likeness (QED) is 0.387. The number of H-pyrrole nitrogens is 1. The molecule has 8 heteroatoms. The predicted octanol–water partition coefficient (Wildman–Crippen LogP) is 4.79. The number of aromatic amines is 1. The Balaban J connectivity index is 1.39. The number of hydrogen-bond acceptors (Lipinski definition) is 6. The molecule has 5 aromatic rings. The van der Waals surface area contributed by atoms with Gasteiger partial charge in [0.05, 0.1) is 28.0 Å². The molecule has 6 rings (SSSR count). The fourth-order valence-electron chi connectivity index (χ4n) is 3.77. The number of benzene rings is 3. The molecule has 0 spiro atoms. The van der Waals surface area contributed by atoms with Gasteiger partial charge in [0.1, 0.15) is 0 Å². The summed E-state index contributed by atoms with van der Waals surface area (Å²) in [5.74, 6) is 1.45. The maximum Gasteiger partial charge on any atom is 0.282 e. The molecule has 0 amide bonds. The average molecular weight is 455 g/mol. The van der Waals surface area contributed by atoms with E-state index >= 15 is 0 Å². The van der Waals surface area contributed by atoms with Crippen molar-refractivity contribution in [1.82, 2.24) is 14.8 Å². The smallest absolute Gasteiger partial charge is 0.282 e. The number of hydrogen-bond donors (Lipinski definition) is 1. The van der Waals surface area contributed by atoms with Crippen LogP contribution in [0.15, 0.2) is 82.6 Å². The van der Waals surface area contributed by atoms with Gasteiger partial charge >= 0.3 is 0 Å². The first-order valence-corrected chi connectivity index (χ1v) is 11.2. The van der Waals surface area contributed by atoms with Crippen LogP contribution in [0.2, 0.25) is 0 Å². The number of aromatic nitrogens is 3. The Bertz CT molecular complexity index is 1520. The van der Waals surface area contributed by atoms with E-state index in [1.165, 1.54) is 16.0 Å². The van der Waals surface area contributed by atoms with Crippen molar-refractivity contribution in [3.8, 4) is 27.9 Å². The zero-order chi connectivity index (χ0) is 22.2. The molecule has 0 aliphatic carbocycles. The summed E-state index contributed by atoms with van der Waals surface area (Å²) < 4.78 is 13.3. The summed E-state index contributed by atoms with van der Waals surface area (Å²) in [5, 5.41) is 3.84. The molecule has 0 saturated carbocycles. The Hall–Kier alpha value is -4.17. The molecule has 1 aliphatic rings. The standard InChI is InChI=1S/C25H18N4O3S/c30-24-18(14-26-13-16-10-11-20-21(12-16)32-15-31-20)23(17-6-2-1-3-7-17)28-29(24)25-27-19-8-4-5-9-22(19)33-25/h1-12,14,28H,13,15H2. The zero-order valence-corrected chi connectivity index (χ0v) is 18.2. The van der Waals surface area contributed by atoms with Gasteiger partial charge in [0.15, 0.2) is 11.5 Å². The number of ether oxygens (including phenoxy) is 2. The van der Waals surface area contributed by atoms with Crippen molar-refractivity contribution >= 4 is 27.8 Å². The Kier molecular flexibility index (Phi) is 4.77. The van der Waals surface area contributed by atoms with Crippen LogP contribution in [0.3, 0.4) is 0 Å². The van der Waals surface area contributed by atoms with Crippen LogP contribution >= 0.6 is 11.3 Å². The third kappa shape index (κ3) is 3.60. The van der Waals surface area contributed by atoms with Gasteiger partial charge in [0.25, 0.3) is 5.56 Å². The predicted molar refractivity (Wildman–Crippen MR) is 129 cm³/mol. The van der Waals surface area contributed by atoms with Crippen molar-refractivity contribution in [3.05, 3.63) is 94.3 Å². The van der Waals surface area contributed by atoms with Crippen LogP contribution in [0.1, 0.15) is 11.1 Å². The van der Waals surface area contributed by atoms with Gasteiger partial charge in [-0.25, -0.2) is 4.98 Å². The van der Waals surface area contributed by atoms with Gasteiger partial charge in [-0.2, -0.15) is 4.68 Å². The second-order valence-electron chi connectivity index (χ2n) is 7.53. The molecule has 33 heavy (non-hydrogen) atoms. The summed E-state index contributed by atoms with van der Waals surface area (Å²) in [4.78, 5) is 22.6. The van der Waals surface area contributed by atoms with E-state index in [-0.39, 0.29) is 12.4 Å².